The van der Waals surface area contributed by atoms with Crippen molar-refractivity contribution in [3.8, 4) is 16.3 Å². The molecule has 0 aliphatic heterocycles. The van der Waals surface area contributed by atoms with Gasteiger partial charge in [-0.25, -0.2) is 13.4 Å². The second-order valence-electron chi connectivity index (χ2n) is 6.74. The maximum Gasteiger partial charge on any atom is 0.280 e. The molecule has 174 valence electrons. The van der Waals surface area contributed by atoms with E-state index in [9.17, 15) is 23.3 Å². The zero-order chi connectivity index (χ0) is 24.3. The minimum absolute atomic E-state index is 0.0121. The predicted octanol–water partition coefficient (Wildman–Crippen LogP) is 4.84. The highest BCUT2D eigenvalue weighted by Crippen LogP contribution is 2.33. The molecule has 34 heavy (non-hydrogen) atoms. The van der Waals surface area contributed by atoms with Gasteiger partial charge in [-0.3, -0.25) is 24.9 Å². The molecule has 2 aromatic carbocycles. The van der Waals surface area contributed by atoms with E-state index in [1.807, 2.05) is 0 Å². The number of para-hydroxylation sites is 1. The van der Waals surface area contributed by atoms with Gasteiger partial charge in [-0.1, -0.05) is 12.1 Å². The number of carbonyl (C=O) groups is 1. The van der Waals surface area contributed by atoms with Crippen molar-refractivity contribution in [3.63, 3.8) is 0 Å². The molecular weight excluding hydrogens is 500 g/mol. The quantitative estimate of drug-likeness (QED) is 0.252. The molecule has 2 aromatic heterocycles. The number of thiazole rings is 1. The number of aromatic nitrogens is 1. The van der Waals surface area contributed by atoms with E-state index < -0.39 is 20.9 Å². The first-order chi connectivity index (χ1) is 16.3. The molecular formula is C21H16N4O6S3. The van der Waals surface area contributed by atoms with E-state index in [1.165, 1.54) is 66.3 Å². The number of anilines is 2. The number of benzene rings is 2. The van der Waals surface area contributed by atoms with Crippen molar-refractivity contribution >= 4 is 55.1 Å². The Morgan fingerprint density at radius 3 is 2.50 bits per heavy atom. The van der Waals surface area contributed by atoms with Gasteiger partial charge in [0.2, 0.25) is 0 Å². The van der Waals surface area contributed by atoms with Crippen molar-refractivity contribution < 1.29 is 22.9 Å². The van der Waals surface area contributed by atoms with Crippen LogP contribution in [0.5, 0.6) is 5.75 Å². The van der Waals surface area contributed by atoms with Crippen LogP contribution < -0.4 is 14.8 Å². The van der Waals surface area contributed by atoms with Gasteiger partial charge in [-0.05, 0) is 36.4 Å². The first kappa shape index (κ1) is 23.4. The molecule has 4 aromatic rings. The van der Waals surface area contributed by atoms with Gasteiger partial charge in [0, 0.05) is 11.4 Å². The maximum absolute atomic E-state index is 12.9. The monoisotopic (exact) mass is 516 g/mol. The lowest BCUT2D eigenvalue weighted by Crippen LogP contribution is -2.18. The Bertz CT molecular complexity index is 1460. The number of hydrogen-bond donors (Lipinski definition) is 2. The summed E-state index contributed by atoms with van der Waals surface area (Å²) in [5.41, 5.74) is 0.660. The molecule has 10 nitrogen and oxygen atoms in total. The largest absolute Gasteiger partial charge is 0.497 e. The van der Waals surface area contributed by atoms with E-state index in [0.29, 0.717) is 16.3 Å². The normalized spacial score (nSPS) is 11.1. The number of amides is 1. The lowest BCUT2D eigenvalue weighted by Gasteiger charge is -2.12. The van der Waals surface area contributed by atoms with Gasteiger partial charge in [-0.2, -0.15) is 0 Å². The minimum atomic E-state index is -3.96. The molecule has 0 bridgehead atoms. The molecule has 0 atom stereocenters. The highest BCUT2D eigenvalue weighted by atomic mass is 32.2. The predicted molar refractivity (Wildman–Crippen MR) is 130 cm³/mol. The number of ether oxygens (including phenoxy) is 1. The van der Waals surface area contributed by atoms with Crippen LogP contribution in [0.3, 0.4) is 0 Å². The van der Waals surface area contributed by atoms with Crippen LogP contribution in [0, 0.1) is 10.1 Å². The van der Waals surface area contributed by atoms with Crippen LogP contribution in [0.4, 0.5) is 16.5 Å². The van der Waals surface area contributed by atoms with Crippen LogP contribution in [0.2, 0.25) is 0 Å². The van der Waals surface area contributed by atoms with E-state index in [1.54, 1.807) is 17.5 Å². The average Bonchev–Trinajstić information content (AvgIpc) is 3.49. The summed E-state index contributed by atoms with van der Waals surface area (Å²) in [4.78, 5) is 28.2. The summed E-state index contributed by atoms with van der Waals surface area (Å²) in [5, 5.41) is 16.9. The maximum atomic E-state index is 12.9. The zero-order valence-electron chi connectivity index (χ0n) is 17.4. The molecule has 2 heterocycles. The second-order valence-corrected chi connectivity index (χ2v) is 10.2. The molecule has 0 radical (unpaired) electrons. The fraction of sp³-hybridized carbons (Fsp3) is 0.0476. The van der Waals surface area contributed by atoms with E-state index in [-0.39, 0.29) is 27.0 Å². The van der Waals surface area contributed by atoms with Gasteiger partial charge >= 0.3 is 0 Å². The van der Waals surface area contributed by atoms with E-state index in [4.69, 9.17) is 4.74 Å². The van der Waals surface area contributed by atoms with Gasteiger partial charge in [0.1, 0.15) is 5.75 Å². The number of nitro groups is 1. The minimum Gasteiger partial charge on any atom is -0.497 e. The number of rotatable bonds is 8. The summed E-state index contributed by atoms with van der Waals surface area (Å²) in [5.74, 6) is -0.0511. The van der Waals surface area contributed by atoms with Crippen LogP contribution in [-0.2, 0) is 10.0 Å². The third kappa shape index (κ3) is 5.06. The van der Waals surface area contributed by atoms with Crippen molar-refractivity contribution in [3.05, 3.63) is 81.0 Å². The molecule has 2 N–H and O–H groups in total. The third-order valence-corrected chi connectivity index (χ3v) is 7.64. The van der Waals surface area contributed by atoms with E-state index in [0.717, 1.165) is 11.3 Å². The lowest BCUT2D eigenvalue weighted by molar-refractivity contribution is -0.384. The van der Waals surface area contributed by atoms with Crippen molar-refractivity contribution in [2.24, 2.45) is 0 Å². The zero-order valence-corrected chi connectivity index (χ0v) is 19.9. The molecule has 0 spiro atoms. The summed E-state index contributed by atoms with van der Waals surface area (Å²) in [6, 6.07) is 13.4. The summed E-state index contributed by atoms with van der Waals surface area (Å²) >= 11 is 2.32. The molecule has 0 aliphatic rings. The summed E-state index contributed by atoms with van der Waals surface area (Å²) in [7, 11) is -2.48. The van der Waals surface area contributed by atoms with E-state index >= 15 is 0 Å². The Kier molecular flexibility index (Phi) is 6.58. The van der Waals surface area contributed by atoms with Crippen molar-refractivity contribution in [1.82, 2.24) is 4.98 Å². The number of nitrogens with zero attached hydrogens (tertiary/aromatic N) is 2. The van der Waals surface area contributed by atoms with Gasteiger partial charge in [0.15, 0.2) is 5.13 Å². The highest BCUT2D eigenvalue weighted by Gasteiger charge is 2.20. The number of nitrogens with one attached hydrogen (secondary N) is 2. The van der Waals surface area contributed by atoms with E-state index in [2.05, 4.69) is 15.0 Å². The van der Waals surface area contributed by atoms with Gasteiger partial charge in [0.05, 0.1) is 44.1 Å². The Morgan fingerprint density at radius 2 is 1.82 bits per heavy atom. The SMILES string of the molecule is COc1ccc(S(=O)(=O)Nc2ccccc2C(=O)Nc2nc(-c3cc([N+](=O)[O-])cs3)cs2)cc1. The second kappa shape index (κ2) is 9.59. The third-order valence-electron chi connectivity index (χ3n) is 4.56. The summed E-state index contributed by atoms with van der Waals surface area (Å²) < 4.78 is 33.1. The van der Waals surface area contributed by atoms with Crippen LogP contribution >= 0.6 is 22.7 Å². The lowest BCUT2D eigenvalue weighted by atomic mass is 10.2. The average molecular weight is 517 g/mol. The molecule has 0 saturated heterocycles. The number of hydrogen-bond acceptors (Lipinski definition) is 9. The molecule has 0 saturated carbocycles. The Labute approximate surface area is 202 Å². The van der Waals surface area contributed by atoms with Gasteiger partial charge in [0.25, 0.3) is 21.6 Å². The Balaban J connectivity index is 1.52. The summed E-state index contributed by atoms with van der Waals surface area (Å²) in [6.07, 6.45) is 0. The Morgan fingerprint density at radius 1 is 1.09 bits per heavy atom. The van der Waals surface area contributed by atoms with Crippen molar-refractivity contribution in [1.29, 1.82) is 0 Å². The molecule has 13 heteroatoms. The van der Waals surface area contributed by atoms with Crippen molar-refractivity contribution in [2.45, 2.75) is 4.90 Å². The highest BCUT2D eigenvalue weighted by molar-refractivity contribution is 7.92. The summed E-state index contributed by atoms with van der Waals surface area (Å²) in [6.45, 7) is 0. The molecule has 1 amide bonds. The van der Waals surface area contributed by atoms with Crippen LogP contribution in [0.15, 0.2) is 70.3 Å². The fourth-order valence-corrected chi connectivity index (χ4v) is 5.57. The molecule has 0 fully saturated rings. The van der Waals surface area contributed by atoms with Crippen LogP contribution in [0.1, 0.15) is 10.4 Å². The molecule has 0 unspecified atom stereocenters. The molecule has 4 rings (SSSR count). The number of sulfonamides is 1. The number of carbonyl (C=O) groups excluding carboxylic acids is 1. The first-order valence-corrected chi connectivity index (χ1v) is 12.8. The van der Waals surface area contributed by atoms with Gasteiger partial charge < -0.3 is 4.74 Å². The Hall–Kier alpha value is -3.81. The fourth-order valence-electron chi connectivity index (χ4n) is 2.89. The molecule has 0 aliphatic carbocycles. The number of methoxy groups -OCH3 is 1. The first-order valence-electron chi connectivity index (χ1n) is 9.53. The smallest absolute Gasteiger partial charge is 0.280 e. The number of thiophene rings is 1. The van der Waals surface area contributed by atoms with Crippen molar-refractivity contribution in [2.75, 3.05) is 17.1 Å². The van der Waals surface area contributed by atoms with Gasteiger partial charge in [-0.15, -0.1) is 22.7 Å². The van der Waals surface area contributed by atoms with Crippen LogP contribution in [0.25, 0.3) is 10.6 Å². The van der Waals surface area contributed by atoms with Crippen LogP contribution in [-0.4, -0.2) is 31.3 Å². The topological polar surface area (TPSA) is 141 Å². The standard InChI is InChI=1S/C21H16N4O6S3/c1-31-14-6-8-15(9-7-14)34(29,30)24-17-5-3-2-4-16(17)20(26)23-21-22-18(12-33-21)19-10-13(11-32-19)25(27)28/h2-12,24H,1H3,(H,22,23,26).